The number of nitrogens with zero attached hydrogens (tertiary/aromatic N) is 1. The number of rotatable bonds is 13. The Bertz CT molecular complexity index is 1110. The van der Waals surface area contributed by atoms with Gasteiger partial charge in [-0.15, -0.1) is 11.8 Å². The van der Waals surface area contributed by atoms with E-state index in [4.69, 9.17) is 11.6 Å². The third-order valence-electron chi connectivity index (χ3n) is 5.75. The maximum atomic E-state index is 13.6. The lowest BCUT2D eigenvalue weighted by Crippen LogP contribution is -2.51. The molecular weight excluding hydrogens is 556 g/mol. The molecule has 0 aliphatic carbocycles. The summed E-state index contributed by atoms with van der Waals surface area (Å²) < 4.78 is 0.941. The number of halogens is 2. The molecule has 1 atom stereocenters. The van der Waals surface area contributed by atoms with Crippen molar-refractivity contribution in [1.82, 2.24) is 10.2 Å². The zero-order valence-electron chi connectivity index (χ0n) is 20.5. The Morgan fingerprint density at radius 3 is 2.39 bits per heavy atom. The summed E-state index contributed by atoms with van der Waals surface area (Å²) in [5.41, 5.74) is 3.10. The van der Waals surface area contributed by atoms with Crippen molar-refractivity contribution in [2.24, 2.45) is 0 Å². The molecule has 0 aromatic heterocycles. The van der Waals surface area contributed by atoms with Crippen molar-refractivity contribution in [3.63, 3.8) is 0 Å². The standard InChI is InChI=1S/C29H32BrClN2O2S/c1-2-3-16-32-29(35)27(18-22-8-5-4-6-9-22)33(19-24-10-7-11-25(30)17-24)28(34)21-36-20-23-12-14-26(31)15-13-23/h4-15,17,27H,2-3,16,18-21H2,1H3,(H,32,35)/t27-/m1/s1. The second-order valence-corrected chi connectivity index (χ2v) is 11.0. The highest BCUT2D eigenvalue weighted by molar-refractivity contribution is 9.10. The van der Waals surface area contributed by atoms with Crippen LogP contribution in [0.15, 0.2) is 83.3 Å². The van der Waals surface area contributed by atoms with Crippen LogP contribution in [0.4, 0.5) is 0 Å². The molecule has 190 valence electrons. The van der Waals surface area contributed by atoms with Crippen LogP contribution in [-0.2, 0) is 28.3 Å². The van der Waals surface area contributed by atoms with Gasteiger partial charge in [-0.3, -0.25) is 9.59 Å². The molecule has 0 saturated heterocycles. The lowest BCUT2D eigenvalue weighted by molar-refractivity contribution is -0.139. The first-order valence-corrected chi connectivity index (χ1v) is 14.5. The monoisotopic (exact) mass is 586 g/mol. The molecule has 2 amide bonds. The Labute approximate surface area is 231 Å². The van der Waals surface area contributed by atoms with Gasteiger partial charge in [0.1, 0.15) is 6.04 Å². The maximum Gasteiger partial charge on any atom is 0.243 e. The van der Waals surface area contributed by atoms with Gasteiger partial charge in [-0.1, -0.05) is 95.5 Å². The van der Waals surface area contributed by atoms with Gasteiger partial charge in [0, 0.05) is 34.8 Å². The molecule has 4 nitrogen and oxygen atoms in total. The fraction of sp³-hybridized carbons (Fsp3) is 0.310. The van der Waals surface area contributed by atoms with Crippen molar-refractivity contribution in [1.29, 1.82) is 0 Å². The molecule has 7 heteroatoms. The van der Waals surface area contributed by atoms with Gasteiger partial charge in [0.05, 0.1) is 5.75 Å². The molecule has 0 unspecified atom stereocenters. The summed E-state index contributed by atoms with van der Waals surface area (Å²) in [6, 6.07) is 24.8. The molecule has 1 N–H and O–H groups in total. The van der Waals surface area contributed by atoms with Crippen molar-refractivity contribution in [2.45, 2.75) is 44.5 Å². The Morgan fingerprint density at radius 1 is 0.972 bits per heavy atom. The number of thioether (sulfide) groups is 1. The Hall–Kier alpha value is -2.28. The molecule has 36 heavy (non-hydrogen) atoms. The molecule has 0 aliphatic heterocycles. The largest absolute Gasteiger partial charge is 0.354 e. The molecule has 0 radical (unpaired) electrons. The number of hydrogen-bond donors (Lipinski definition) is 1. The fourth-order valence-corrected chi connectivity index (χ4v) is 5.26. The highest BCUT2D eigenvalue weighted by atomic mass is 79.9. The van der Waals surface area contributed by atoms with Crippen LogP contribution in [0.25, 0.3) is 0 Å². The van der Waals surface area contributed by atoms with Crippen LogP contribution in [-0.4, -0.2) is 35.1 Å². The predicted molar refractivity (Wildman–Crippen MR) is 154 cm³/mol. The highest BCUT2D eigenvalue weighted by Gasteiger charge is 2.30. The number of nitrogens with one attached hydrogen (secondary N) is 1. The van der Waals surface area contributed by atoms with E-state index in [0.29, 0.717) is 30.3 Å². The summed E-state index contributed by atoms with van der Waals surface area (Å²) in [4.78, 5) is 28.8. The summed E-state index contributed by atoms with van der Waals surface area (Å²) in [5.74, 6) is 0.808. The first kappa shape index (κ1) is 28.3. The predicted octanol–water partition coefficient (Wildman–Crippen LogP) is 6.89. The zero-order chi connectivity index (χ0) is 25.8. The maximum absolute atomic E-state index is 13.6. The van der Waals surface area contributed by atoms with Gasteiger partial charge in [0.15, 0.2) is 0 Å². The van der Waals surface area contributed by atoms with Crippen molar-refractivity contribution >= 4 is 51.1 Å². The summed E-state index contributed by atoms with van der Waals surface area (Å²) in [7, 11) is 0. The smallest absolute Gasteiger partial charge is 0.243 e. The molecule has 0 saturated carbocycles. The molecule has 3 aromatic rings. The molecule has 0 fully saturated rings. The lowest BCUT2D eigenvalue weighted by Gasteiger charge is -2.31. The van der Waals surface area contributed by atoms with Gasteiger partial charge in [0.25, 0.3) is 0 Å². The molecule has 0 bridgehead atoms. The van der Waals surface area contributed by atoms with Crippen LogP contribution >= 0.6 is 39.3 Å². The highest BCUT2D eigenvalue weighted by Crippen LogP contribution is 2.21. The van der Waals surface area contributed by atoms with Gasteiger partial charge in [-0.2, -0.15) is 0 Å². The summed E-state index contributed by atoms with van der Waals surface area (Å²) >= 11 is 11.1. The number of hydrogen-bond acceptors (Lipinski definition) is 3. The minimum absolute atomic E-state index is 0.0551. The average molecular weight is 588 g/mol. The molecule has 3 rings (SSSR count). The summed E-state index contributed by atoms with van der Waals surface area (Å²) in [6.07, 6.45) is 2.35. The van der Waals surface area contributed by atoms with Gasteiger partial charge >= 0.3 is 0 Å². The van der Waals surface area contributed by atoms with Gasteiger partial charge in [0.2, 0.25) is 11.8 Å². The summed E-state index contributed by atoms with van der Waals surface area (Å²) in [6.45, 7) is 3.05. The van der Waals surface area contributed by atoms with Crippen LogP contribution in [0, 0.1) is 0 Å². The SMILES string of the molecule is CCCCNC(=O)[C@@H](Cc1ccccc1)N(Cc1cccc(Br)c1)C(=O)CSCc1ccc(Cl)cc1. The topological polar surface area (TPSA) is 49.4 Å². The van der Waals surface area contributed by atoms with E-state index >= 15 is 0 Å². The van der Waals surface area contributed by atoms with Crippen LogP contribution in [0.2, 0.25) is 5.02 Å². The van der Waals surface area contributed by atoms with Crippen LogP contribution in [0.3, 0.4) is 0 Å². The van der Waals surface area contributed by atoms with Gasteiger partial charge < -0.3 is 10.2 Å². The van der Waals surface area contributed by atoms with Crippen molar-refractivity contribution < 1.29 is 9.59 Å². The number of amides is 2. The molecule has 0 heterocycles. The van der Waals surface area contributed by atoms with E-state index in [9.17, 15) is 9.59 Å². The summed E-state index contributed by atoms with van der Waals surface area (Å²) in [5, 5.41) is 3.75. The quantitative estimate of drug-likeness (QED) is 0.222. The van der Waals surface area contributed by atoms with Crippen molar-refractivity contribution in [3.05, 3.63) is 105 Å². The third kappa shape index (κ3) is 9.30. The van der Waals surface area contributed by atoms with Crippen molar-refractivity contribution in [2.75, 3.05) is 12.3 Å². The van der Waals surface area contributed by atoms with Gasteiger partial charge in [-0.05, 0) is 47.4 Å². The Balaban J connectivity index is 1.82. The minimum atomic E-state index is -0.605. The zero-order valence-corrected chi connectivity index (χ0v) is 23.6. The van der Waals surface area contributed by atoms with E-state index in [0.717, 1.165) is 34.0 Å². The normalized spacial score (nSPS) is 11.6. The van der Waals surface area contributed by atoms with E-state index in [2.05, 4.69) is 28.2 Å². The van der Waals surface area contributed by atoms with E-state index in [1.54, 1.807) is 16.7 Å². The second-order valence-electron chi connectivity index (χ2n) is 8.62. The van der Waals surface area contributed by atoms with Crippen molar-refractivity contribution in [3.8, 4) is 0 Å². The fourth-order valence-electron chi connectivity index (χ4n) is 3.81. The second kappa shape index (κ2) is 15.1. The first-order valence-electron chi connectivity index (χ1n) is 12.1. The van der Waals surface area contributed by atoms with E-state index in [1.165, 1.54) is 0 Å². The molecule has 0 aliphatic rings. The number of unbranched alkanes of at least 4 members (excludes halogenated alkanes) is 1. The van der Waals surface area contributed by atoms with Crippen LogP contribution in [0.5, 0.6) is 0 Å². The number of carbonyl (C=O) groups excluding carboxylic acids is 2. The Kier molecular flexibility index (Phi) is 11.9. The van der Waals surface area contributed by atoms with Gasteiger partial charge in [-0.25, -0.2) is 0 Å². The van der Waals surface area contributed by atoms with E-state index < -0.39 is 6.04 Å². The van der Waals surface area contributed by atoms with E-state index in [-0.39, 0.29) is 17.6 Å². The third-order valence-corrected chi connectivity index (χ3v) is 7.48. The minimum Gasteiger partial charge on any atom is -0.354 e. The molecule has 0 spiro atoms. The Morgan fingerprint density at radius 2 is 1.69 bits per heavy atom. The first-order chi connectivity index (χ1) is 17.5. The number of carbonyl (C=O) groups is 2. The number of benzene rings is 3. The van der Waals surface area contributed by atoms with E-state index in [1.807, 2.05) is 78.9 Å². The van der Waals surface area contributed by atoms with Crippen LogP contribution < -0.4 is 5.32 Å². The van der Waals surface area contributed by atoms with Crippen LogP contribution in [0.1, 0.15) is 36.5 Å². The lowest BCUT2D eigenvalue weighted by atomic mass is 10.0. The molecular formula is C29H32BrClN2O2S. The molecule has 3 aromatic carbocycles. The average Bonchev–Trinajstić information content (AvgIpc) is 2.88.